The second kappa shape index (κ2) is 1.93. The van der Waals surface area contributed by atoms with Crippen molar-refractivity contribution >= 4 is 12.4 Å². The number of carbonyl (C=O) groups excluding carboxylic acids is 2. The van der Waals surface area contributed by atoms with Crippen LogP contribution in [0.4, 0.5) is 0 Å². The summed E-state index contributed by atoms with van der Waals surface area (Å²) in [6.07, 6.45) is 0. The van der Waals surface area contributed by atoms with Crippen molar-refractivity contribution in [1.29, 1.82) is 0 Å². The van der Waals surface area contributed by atoms with Crippen molar-refractivity contribution in [3.8, 4) is 0 Å². The zero-order valence-corrected chi connectivity index (χ0v) is 8.42. The first-order chi connectivity index (χ1) is 7.22. The minimum Gasteiger partial charge on any atom is -0.471 e. The third kappa shape index (κ3) is 0.431. The van der Waals surface area contributed by atoms with Gasteiger partial charge in [0.2, 0.25) is 5.91 Å². The Kier molecular flexibility index (Phi) is 1.04. The highest BCUT2D eigenvalue weighted by molar-refractivity contribution is 5.90. The van der Waals surface area contributed by atoms with E-state index in [0.29, 0.717) is 6.47 Å². The number of hydrogen-bond donors (Lipinski definition) is 1. The largest absolute Gasteiger partial charge is 0.471 e. The van der Waals surface area contributed by atoms with Gasteiger partial charge in [-0.15, -0.1) is 0 Å². The molecule has 80 valence electrons. The molecule has 0 unspecified atom stereocenters. The number of rotatable bonds is 2. The number of hydrogen-bond acceptors (Lipinski definition) is 3. The molecule has 0 bridgehead atoms. The molecule has 0 aromatic rings. The normalized spacial score (nSPS) is 66.1. The van der Waals surface area contributed by atoms with Gasteiger partial charge in [0.25, 0.3) is 6.47 Å². The third-order valence-electron chi connectivity index (χ3n) is 6.00. The molecule has 1 amide bonds. The number of carbonyl (C=O) groups is 2. The number of amides is 1. The number of methoxy groups -OCH3 is 1. The van der Waals surface area contributed by atoms with Gasteiger partial charge in [-0.05, 0) is 41.4 Å². The Balaban J connectivity index is 0.000000145. The Morgan fingerprint density at radius 1 is 1.20 bits per heavy atom. The summed E-state index contributed by atoms with van der Waals surface area (Å²) in [4.78, 5) is 20.2. The smallest absolute Gasteiger partial charge is 0.292 e. The maximum Gasteiger partial charge on any atom is 0.292 e. The van der Waals surface area contributed by atoms with Crippen LogP contribution >= 0.6 is 0 Å². The van der Waals surface area contributed by atoms with Crippen LogP contribution < -0.4 is 5.73 Å². The quantitative estimate of drug-likeness (QED) is 0.628. The Morgan fingerprint density at radius 3 is 1.80 bits per heavy atom. The predicted molar refractivity (Wildman–Crippen MR) is 49.1 cm³/mol. The molecule has 0 aromatic carbocycles. The van der Waals surface area contributed by atoms with Crippen LogP contribution in [0.1, 0.15) is 0 Å². The molecule has 6 saturated carbocycles. The van der Waals surface area contributed by atoms with E-state index in [1.54, 1.807) is 0 Å². The van der Waals surface area contributed by atoms with Crippen molar-refractivity contribution < 1.29 is 14.3 Å². The Bertz CT molecular complexity index is 341. The zero-order chi connectivity index (χ0) is 10.5. The van der Waals surface area contributed by atoms with E-state index in [1.807, 2.05) is 0 Å². The molecule has 0 aliphatic heterocycles. The molecule has 0 aromatic heterocycles. The van der Waals surface area contributed by atoms with E-state index in [0.717, 1.165) is 41.4 Å². The third-order valence-corrected chi connectivity index (χ3v) is 6.00. The summed E-state index contributed by atoms with van der Waals surface area (Å²) in [5, 5.41) is 0. The summed E-state index contributed by atoms with van der Waals surface area (Å²) in [5.41, 5.74) is 5.56. The lowest BCUT2D eigenvalue weighted by molar-refractivity contribution is -0.595. The fraction of sp³-hybridized carbons (Fsp3) is 0.818. The van der Waals surface area contributed by atoms with Gasteiger partial charge >= 0.3 is 0 Å². The predicted octanol–water partition coefficient (Wildman–Crippen LogP) is -0.371. The van der Waals surface area contributed by atoms with Crippen molar-refractivity contribution in [1.82, 2.24) is 0 Å². The molecule has 15 heavy (non-hydrogen) atoms. The minimum atomic E-state index is 0.0411. The number of ether oxygens (including phenoxy) is 1. The van der Waals surface area contributed by atoms with E-state index in [9.17, 15) is 4.79 Å². The molecular formula is C11H13NO3. The highest BCUT2D eigenvalue weighted by Gasteiger charge is 3.05. The summed E-state index contributed by atoms with van der Waals surface area (Å²) in [5.74, 6) is 6.49. The van der Waals surface area contributed by atoms with E-state index >= 15 is 0 Å². The summed E-state index contributed by atoms with van der Waals surface area (Å²) in [7, 11) is 1.31. The maximum atomic E-state index is 11.2. The first-order valence-electron chi connectivity index (χ1n) is 5.49. The fourth-order valence-corrected chi connectivity index (χ4v) is 5.92. The van der Waals surface area contributed by atoms with Crippen LogP contribution in [0, 0.1) is 46.8 Å². The zero-order valence-electron chi connectivity index (χ0n) is 8.42. The lowest BCUT2D eigenvalue weighted by Gasteiger charge is -3.06. The molecule has 4 nitrogen and oxygen atoms in total. The van der Waals surface area contributed by atoms with Crippen molar-refractivity contribution in [2.24, 2.45) is 52.6 Å². The van der Waals surface area contributed by atoms with Crippen LogP contribution in [-0.2, 0) is 14.3 Å². The first-order valence-corrected chi connectivity index (χ1v) is 5.49. The van der Waals surface area contributed by atoms with Gasteiger partial charge in [0.15, 0.2) is 0 Å². The average Bonchev–Trinajstić information content (AvgIpc) is 2.29. The molecule has 4 heteroatoms. The van der Waals surface area contributed by atoms with Crippen LogP contribution in [0.2, 0.25) is 0 Å². The Morgan fingerprint density at radius 2 is 1.60 bits per heavy atom. The van der Waals surface area contributed by atoms with Gasteiger partial charge in [-0.3, -0.25) is 9.59 Å². The van der Waals surface area contributed by atoms with E-state index in [-0.39, 0.29) is 11.3 Å². The standard InChI is InChI=1S/C9H9NO.C2H4O2/c10-8(11)9-5-2-1-3(5)7(9)4(1)6(2)9;1-4-2-3/h1-7H,(H2,10,11);2H,1H3. The summed E-state index contributed by atoms with van der Waals surface area (Å²) in [6.45, 7) is 0.375. The van der Waals surface area contributed by atoms with Crippen LogP contribution in [0.15, 0.2) is 0 Å². The van der Waals surface area contributed by atoms with Gasteiger partial charge in [-0.2, -0.15) is 0 Å². The van der Waals surface area contributed by atoms with Crippen molar-refractivity contribution in [3.05, 3.63) is 0 Å². The van der Waals surface area contributed by atoms with E-state index in [2.05, 4.69) is 4.74 Å². The van der Waals surface area contributed by atoms with Gasteiger partial charge in [-0.1, -0.05) is 0 Å². The highest BCUT2D eigenvalue weighted by Crippen LogP contribution is 3.05. The second-order valence-corrected chi connectivity index (χ2v) is 5.52. The molecule has 0 saturated heterocycles. The summed E-state index contributed by atoms with van der Waals surface area (Å²) >= 11 is 0. The number of primary amides is 1. The SMILES string of the molecule is COC=O.NC(=O)C12C3C4C5C3C1C5C42. The van der Waals surface area contributed by atoms with E-state index in [1.165, 1.54) is 7.11 Å². The molecular weight excluding hydrogens is 194 g/mol. The van der Waals surface area contributed by atoms with E-state index < -0.39 is 0 Å². The lowest BCUT2D eigenvalue weighted by atomic mass is 8.96. The van der Waals surface area contributed by atoms with Gasteiger partial charge in [-0.25, -0.2) is 0 Å². The summed E-state index contributed by atoms with van der Waals surface area (Å²) in [6, 6.07) is 0. The minimum absolute atomic E-state index is 0.0411. The fourth-order valence-electron chi connectivity index (χ4n) is 5.92. The number of nitrogens with two attached hydrogens (primary N) is 1. The molecule has 6 rings (SSSR count). The van der Waals surface area contributed by atoms with Crippen molar-refractivity contribution in [3.63, 3.8) is 0 Å². The van der Waals surface area contributed by atoms with Gasteiger partial charge in [0, 0.05) is 0 Å². The Hall–Kier alpha value is -1.06. The Labute approximate surface area is 87.1 Å². The van der Waals surface area contributed by atoms with Crippen LogP contribution in [-0.4, -0.2) is 19.5 Å². The average molecular weight is 207 g/mol. The van der Waals surface area contributed by atoms with Crippen molar-refractivity contribution in [2.75, 3.05) is 7.11 Å². The van der Waals surface area contributed by atoms with Gasteiger partial charge < -0.3 is 10.5 Å². The monoisotopic (exact) mass is 207 g/mol. The lowest BCUT2D eigenvalue weighted by Crippen LogP contribution is -3.07. The molecule has 6 fully saturated rings. The van der Waals surface area contributed by atoms with Crippen LogP contribution in [0.5, 0.6) is 0 Å². The first kappa shape index (κ1) is 8.13. The maximum absolute atomic E-state index is 11.2. The van der Waals surface area contributed by atoms with Crippen LogP contribution in [0.25, 0.3) is 0 Å². The topological polar surface area (TPSA) is 69.4 Å². The second-order valence-electron chi connectivity index (χ2n) is 5.52. The molecule has 0 atom stereocenters. The molecule has 6 aliphatic rings. The molecule has 6 aliphatic carbocycles. The summed E-state index contributed by atoms with van der Waals surface area (Å²) < 4.78 is 3.86. The molecule has 0 heterocycles. The van der Waals surface area contributed by atoms with Crippen molar-refractivity contribution in [2.45, 2.75) is 0 Å². The van der Waals surface area contributed by atoms with E-state index in [4.69, 9.17) is 10.5 Å². The molecule has 2 N–H and O–H groups in total. The van der Waals surface area contributed by atoms with Gasteiger partial charge in [0.05, 0.1) is 12.5 Å². The molecule has 0 spiro atoms. The highest BCUT2D eigenvalue weighted by atomic mass is 16.5. The van der Waals surface area contributed by atoms with Crippen LogP contribution in [0.3, 0.4) is 0 Å². The molecule has 0 radical (unpaired) electrons. The van der Waals surface area contributed by atoms with Gasteiger partial charge in [0.1, 0.15) is 0 Å².